The summed E-state index contributed by atoms with van der Waals surface area (Å²) in [7, 11) is 0. The minimum atomic E-state index is -0.732. The maximum absolute atomic E-state index is 13.3. The molecule has 9 heteroatoms. The number of aromatic nitrogens is 1. The van der Waals surface area contributed by atoms with Crippen LogP contribution in [0.5, 0.6) is 0 Å². The second-order valence-corrected chi connectivity index (χ2v) is 10.4. The van der Waals surface area contributed by atoms with Gasteiger partial charge in [-0.1, -0.05) is 54.1 Å². The van der Waals surface area contributed by atoms with Crippen LogP contribution in [0.2, 0.25) is 5.02 Å². The number of amides is 1. The van der Waals surface area contributed by atoms with Crippen LogP contribution in [0.25, 0.3) is 16.3 Å². The van der Waals surface area contributed by atoms with Crippen molar-refractivity contribution in [3.8, 4) is 10.6 Å². The zero-order valence-corrected chi connectivity index (χ0v) is 21.4. The van der Waals surface area contributed by atoms with Crippen molar-refractivity contribution >= 4 is 40.4 Å². The molecule has 0 spiro atoms. The number of hydrogen-bond donors (Lipinski definition) is 1. The summed E-state index contributed by atoms with van der Waals surface area (Å²) in [5.41, 5.74) is 2.00. The van der Waals surface area contributed by atoms with E-state index in [0.717, 1.165) is 28.5 Å². The van der Waals surface area contributed by atoms with Gasteiger partial charge in [-0.05, 0) is 24.6 Å². The van der Waals surface area contributed by atoms with Crippen molar-refractivity contribution < 1.29 is 19.4 Å². The first-order chi connectivity index (χ1) is 17.4. The molecule has 2 saturated heterocycles. The molecule has 0 aliphatic carbocycles. The minimum absolute atomic E-state index is 0.0531. The van der Waals surface area contributed by atoms with Crippen LogP contribution < -0.4 is 0 Å². The van der Waals surface area contributed by atoms with E-state index in [4.69, 9.17) is 16.3 Å². The highest BCUT2D eigenvalue weighted by atomic mass is 35.5. The number of likely N-dealkylation sites (tertiary alicyclic amines) is 1. The molecule has 5 rings (SSSR count). The van der Waals surface area contributed by atoms with Gasteiger partial charge in [0.25, 0.3) is 11.7 Å². The lowest BCUT2D eigenvalue weighted by molar-refractivity contribution is -0.140. The fourth-order valence-electron chi connectivity index (χ4n) is 4.62. The summed E-state index contributed by atoms with van der Waals surface area (Å²) < 4.78 is 5.42. The van der Waals surface area contributed by atoms with Gasteiger partial charge in [0.1, 0.15) is 10.7 Å². The highest BCUT2D eigenvalue weighted by molar-refractivity contribution is 7.15. The van der Waals surface area contributed by atoms with Crippen molar-refractivity contribution in [1.82, 2.24) is 14.8 Å². The number of aryl methyl sites for hydroxylation is 1. The Balaban J connectivity index is 1.55. The highest BCUT2D eigenvalue weighted by Crippen LogP contribution is 2.41. The van der Waals surface area contributed by atoms with Gasteiger partial charge in [-0.2, -0.15) is 0 Å². The number of carbonyl (C=O) groups excluding carboxylic acids is 2. The van der Waals surface area contributed by atoms with Gasteiger partial charge < -0.3 is 14.7 Å². The van der Waals surface area contributed by atoms with Crippen molar-refractivity contribution in [1.29, 1.82) is 0 Å². The van der Waals surface area contributed by atoms with Gasteiger partial charge in [0, 0.05) is 41.6 Å². The second kappa shape index (κ2) is 10.5. The number of halogens is 1. The largest absolute Gasteiger partial charge is 0.505 e. The van der Waals surface area contributed by atoms with E-state index in [-0.39, 0.29) is 11.3 Å². The van der Waals surface area contributed by atoms with Gasteiger partial charge in [0.05, 0.1) is 24.8 Å². The first kappa shape index (κ1) is 24.6. The van der Waals surface area contributed by atoms with E-state index in [2.05, 4.69) is 9.88 Å². The molecule has 7 nitrogen and oxygen atoms in total. The van der Waals surface area contributed by atoms with Gasteiger partial charge in [-0.3, -0.25) is 14.5 Å². The molecule has 1 amide bonds. The number of morpholine rings is 1. The van der Waals surface area contributed by atoms with Crippen LogP contribution in [-0.2, 0) is 14.3 Å². The van der Waals surface area contributed by atoms with Crippen LogP contribution in [0.15, 0.2) is 60.2 Å². The maximum atomic E-state index is 13.3. The topological polar surface area (TPSA) is 83.0 Å². The van der Waals surface area contributed by atoms with E-state index in [1.165, 1.54) is 11.3 Å². The van der Waals surface area contributed by atoms with Crippen LogP contribution >= 0.6 is 22.9 Å². The first-order valence-electron chi connectivity index (χ1n) is 11.8. The predicted octanol–water partition coefficient (Wildman–Crippen LogP) is 4.53. The number of thiazole rings is 1. The molecule has 3 heterocycles. The zero-order valence-electron chi connectivity index (χ0n) is 19.8. The van der Waals surface area contributed by atoms with Crippen molar-refractivity contribution in [2.45, 2.75) is 13.0 Å². The number of hydrogen-bond acceptors (Lipinski definition) is 7. The van der Waals surface area contributed by atoms with Crippen molar-refractivity contribution in [3.05, 3.63) is 81.3 Å². The summed E-state index contributed by atoms with van der Waals surface area (Å²) in [5.74, 6) is -1.58. The molecule has 1 N–H and O–H groups in total. The number of rotatable bonds is 6. The van der Waals surface area contributed by atoms with Gasteiger partial charge in [0.2, 0.25) is 0 Å². The van der Waals surface area contributed by atoms with Crippen molar-refractivity contribution in [2.24, 2.45) is 0 Å². The third kappa shape index (κ3) is 4.82. The summed E-state index contributed by atoms with van der Waals surface area (Å²) in [5, 5.41) is 12.7. The molecule has 2 aromatic carbocycles. The Kier molecular flexibility index (Phi) is 7.20. The van der Waals surface area contributed by atoms with Gasteiger partial charge in [-0.25, -0.2) is 4.98 Å². The Hall–Kier alpha value is -3.04. The van der Waals surface area contributed by atoms with Crippen LogP contribution in [0.4, 0.5) is 0 Å². The van der Waals surface area contributed by atoms with Crippen molar-refractivity contribution in [2.75, 3.05) is 39.4 Å². The number of aliphatic hydroxyl groups is 1. The number of benzene rings is 2. The predicted molar refractivity (Wildman–Crippen MR) is 140 cm³/mol. The summed E-state index contributed by atoms with van der Waals surface area (Å²) >= 11 is 7.55. The molecule has 1 atom stereocenters. The molecule has 1 unspecified atom stereocenters. The van der Waals surface area contributed by atoms with E-state index in [1.807, 2.05) is 37.3 Å². The molecule has 1 aromatic heterocycles. The van der Waals surface area contributed by atoms with Crippen LogP contribution in [-0.4, -0.2) is 71.0 Å². The van der Waals surface area contributed by atoms with E-state index in [9.17, 15) is 14.7 Å². The monoisotopic (exact) mass is 523 g/mol. The summed E-state index contributed by atoms with van der Waals surface area (Å²) in [6, 6.07) is 16.0. The third-order valence-corrected chi connectivity index (χ3v) is 7.80. The zero-order chi connectivity index (χ0) is 25.2. The van der Waals surface area contributed by atoms with Gasteiger partial charge in [-0.15, -0.1) is 11.3 Å². The fraction of sp³-hybridized carbons (Fsp3) is 0.296. The number of ketones is 1. The number of Topliss-reactive ketones (excluding diaryl/α,β-unsaturated/α-hetero) is 1. The molecule has 0 radical (unpaired) electrons. The van der Waals surface area contributed by atoms with E-state index in [1.54, 1.807) is 29.2 Å². The van der Waals surface area contributed by atoms with E-state index < -0.39 is 17.7 Å². The lowest BCUT2D eigenvalue weighted by Gasteiger charge is -2.31. The summed E-state index contributed by atoms with van der Waals surface area (Å²) in [6.07, 6.45) is 0. The average Bonchev–Trinajstić information content (AvgIpc) is 3.41. The molecule has 2 aliphatic rings. The van der Waals surface area contributed by atoms with Crippen LogP contribution in [0.3, 0.4) is 0 Å². The smallest absolute Gasteiger partial charge is 0.295 e. The molecule has 0 bridgehead atoms. The SMILES string of the molecule is Cc1sc(-c2ccccc2)nc1/C(O)=C1\C(=O)C(=O)N(CCN2CCOCC2)C1c1ccc(Cl)cc1. The van der Waals surface area contributed by atoms with E-state index in [0.29, 0.717) is 42.6 Å². The standard InChI is InChI=1S/C27H26ClN3O4S/c1-17-22(29-26(36-17)19-5-3-2-4-6-19)24(32)21-23(18-7-9-20(28)10-8-18)31(27(34)25(21)33)12-11-30-13-15-35-16-14-30/h2-10,23,32H,11-16H2,1H3/b24-21+. The molecule has 3 aromatic rings. The highest BCUT2D eigenvalue weighted by Gasteiger charge is 2.46. The first-order valence-corrected chi connectivity index (χ1v) is 13.0. The molecule has 2 aliphatic heterocycles. The third-order valence-electron chi connectivity index (χ3n) is 6.53. The number of carbonyl (C=O) groups is 2. The molecule has 186 valence electrons. The quantitative estimate of drug-likeness (QED) is 0.290. The Morgan fingerprint density at radius 2 is 1.78 bits per heavy atom. The number of nitrogens with zero attached hydrogens (tertiary/aromatic N) is 3. The molecular weight excluding hydrogens is 498 g/mol. The van der Waals surface area contributed by atoms with Gasteiger partial charge in [0.15, 0.2) is 5.76 Å². The maximum Gasteiger partial charge on any atom is 0.295 e. The molecule has 2 fully saturated rings. The number of ether oxygens (including phenoxy) is 1. The second-order valence-electron chi connectivity index (χ2n) is 8.79. The lowest BCUT2D eigenvalue weighted by Crippen LogP contribution is -2.42. The molecule has 0 saturated carbocycles. The Labute approximate surface area is 218 Å². The fourth-order valence-corrected chi connectivity index (χ4v) is 5.67. The Morgan fingerprint density at radius 1 is 1.08 bits per heavy atom. The summed E-state index contributed by atoms with van der Waals surface area (Å²) in [6.45, 7) is 5.64. The Morgan fingerprint density at radius 3 is 2.47 bits per heavy atom. The normalized spacial score (nSPS) is 20.3. The van der Waals surface area contributed by atoms with Crippen LogP contribution in [0.1, 0.15) is 22.2 Å². The number of aliphatic hydroxyl groups excluding tert-OH is 1. The average molecular weight is 524 g/mol. The minimum Gasteiger partial charge on any atom is -0.505 e. The Bertz CT molecular complexity index is 1300. The molecule has 36 heavy (non-hydrogen) atoms. The molecular formula is C27H26ClN3O4S. The van der Waals surface area contributed by atoms with E-state index >= 15 is 0 Å². The lowest BCUT2D eigenvalue weighted by atomic mass is 9.96. The van der Waals surface area contributed by atoms with Gasteiger partial charge >= 0.3 is 0 Å². The van der Waals surface area contributed by atoms with Crippen molar-refractivity contribution in [3.63, 3.8) is 0 Å². The summed E-state index contributed by atoms with van der Waals surface area (Å²) in [4.78, 5) is 35.7. The van der Waals surface area contributed by atoms with Crippen LogP contribution in [0, 0.1) is 6.92 Å².